The Labute approximate surface area is 133 Å². The van der Waals surface area contributed by atoms with Gasteiger partial charge in [0.05, 0.1) is 0 Å². The van der Waals surface area contributed by atoms with Crippen molar-refractivity contribution in [2.75, 3.05) is 6.54 Å². The normalized spacial score (nSPS) is 12.5. The van der Waals surface area contributed by atoms with E-state index in [9.17, 15) is 5.11 Å². The highest BCUT2D eigenvalue weighted by molar-refractivity contribution is 4.75. The molecule has 126 valence electrons. The second kappa shape index (κ2) is 17.7. The van der Waals surface area contributed by atoms with Gasteiger partial charge in [0.25, 0.3) is 0 Å². The van der Waals surface area contributed by atoms with Gasteiger partial charge in [-0.05, 0) is 19.0 Å². The molecule has 0 rings (SSSR count). The molecular formula is C19H39NO. The lowest BCUT2D eigenvalue weighted by molar-refractivity contribution is 0.184. The molecule has 0 heterocycles. The molecule has 0 fully saturated rings. The molecule has 0 saturated heterocycles. The summed E-state index contributed by atoms with van der Waals surface area (Å²) in [6.45, 7) is 6.71. The van der Waals surface area contributed by atoms with Gasteiger partial charge in [0.1, 0.15) is 6.23 Å². The van der Waals surface area contributed by atoms with Gasteiger partial charge in [0.2, 0.25) is 0 Å². The highest BCUT2D eigenvalue weighted by Gasteiger charge is 1.96. The van der Waals surface area contributed by atoms with Gasteiger partial charge in [0, 0.05) is 0 Å². The number of rotatable bonds is 17. The van der Waals surface area contributed by atoms with Crippen LogP contribution >= 0.6 is 0 Å². The third-order valence-electron chi connectivity index (χ3n) is 4.11. The van der Waals surface area contributed by atoms with E-state index < -0.39 is 6.23 Å². The second-order valence-corrected chi connectivity index (χ2v) is 6.23. The van der Waals surface area contributed by atoms with Gasteiger partial charge in [-0.3, -0.25) is 5.32 Å². The van der Waals surface area contributed by atoms with Crippen LogP contribution in [-0.4, -0.2) is 17.9 Å². The fourth-order valence-corrected chi connectivity index (χ4v) is 2.65. The molecule has 0 aliphatic carbocycles. The molecule has 0 aliphatic heterocycles. The van der Waals surface area contributed by atoms with Gasteiger partial charge in [0.15, 0.2) is 0 Å². The van der Waals surface area contributed by atoms with Crippen LogP contribution in [0.25, 0.3) is 0 Å². The van der Waals surface area contributed by atoms with Gasteiger partial charge < -0.3 is 5.11 Å². The number of aliphatic hydroxyl groups is 1. The summed E-state index contributed by atoms with van der Waals surface area (Å²) in [4.78, 5) is 0. The summed E-state index contributed by atoms with van der Waals surface area (Å²) in [7, 11) is 0. The maximum Gasteiger partial charge on any atom is 0.123 e. The van der Waals surface area contributed by atoms with Crippen LogP contribution in [0.1, 0.15) is 96.8 Å². The number of unbranched alkanes of at least 4 members (excludes halogenated alkanes) is 13. The third kappa shape index (κ3) is 17.6. The lowest BCUT2D eigenvalue weighted by Crippen LogP contribution is -2.27. The average molecular weight is 298 g/mol. The molecule has 1 atom stereocenters. The molecule has 0 bridgehead atoms. The summed E-state index contributed by atoms with van der Waals surface area (Å²) < 4.78 is 0. The Hall–Kier alpha value is -0.340. The van der Waals surface area contributed by atoms with Crippen molar-refractivity contribution >= 4 is 0 Å². The maximum absolute atomic E-state index is 9.23. The average Bonchev–Trinajstić information content (AvgIpc) is 2.50. The van der Waals surface area contributed by atoms with Gasteiger partial charge in [-0.15, -0.1) is 0 Å². The third-order valence-corrected chi connectivity index (χ3v) is 4.11. The summed E-state index contributed by atoms with van der Waals surface area (Å²) in [6.07, 6.45) is 20.4. The van der Waals surface area contributed by atoms with Crippen molar-refractivity contribution in [1.29, 1.82) is 0 Å². The van der Waals surface area contributed by atoms with E-state index in [0.717, 1.165) is 13.0 Å². The molecule has 2 heteroatoms. The van der Waals surface area contributed by atoms with Crippen LogP contribution in [0.15, 0.2) is 12.7 Å². The fraction of sp³-hybridized carbons (Fsp3) is 0.895. The highest BCUT2D eigenvalue weighted by Crippen LogP contribution is 2.12. The number of nitrogens with one attached hydrogen (secondary N) is 1. The standard InChI is InChI=1S/C19H39NO/c1-3-5-6-7-8-9-10-11-12-13-14-15-16-17-18-20-19(21)4-2/h4,19-21H,2-3,5-18H2,1H3. The first kappa shape index (κ1) is 20.7. The van der Waals surface area contributed by atoms with E-state index >= 15 is 0 Å². The molecule has 0 aliphatic rings. The highest BCUT2D eigenvalue weighted by atomic mass is 16.3. The molecular weight excluding hydrogens is 258 g/mol. The van der Waals surface area contributed by atoms with E-state index in [1.165, 1.54) is 89.5 Å². The summed E-state index contributed by atoms with van der Waals surface area (Å²) in [5, 5.41) is 12.2. The van der Waals surface area contributed by atoms with Crippen LogP contribution in [0.3, 0.4) is 0 Å². The topological polar surface area (TPSA) is 32.3 Å². The summed E-state index contributed by atoms with van der Waals surface area (Å²) in [6, 6.07) is 0. The van der Waals surface area contributed by atoms with Crippen LogP contribution in [0.2, 0.25) is 0 Å². The first-order chi connectivity index (χ1) is 10.3. The zero-order chi connectivity index (χ0) is 15.6. The van der Waals surface area contributed by atoms with Gasteiger partial charge in [-0.25, -0.2) is 0 Å². The quantitative estimate of drug-likeness (QED) is 0.209. The SMILES string of the molecule is C=CC(O)NCCCCCCCCCCCCCCCC. The van der Waals surface area contributed by atoms with Crippen LogP contribution in [-0.2, 0) is 0 Å². The first-order valence-corrected chi connectivity index (χ1v) is 9.35. The largest absolute Gasteiger partial charge is 0.375 e. The van der Waals surface area contributed by atoms with Gasteiger partial charge >= 0.3 is 0 Å². The number of hydrogen-bond acceptors (Lipinski definition) is 2. The van der Waals surface area contributed by atoms with Crippen molar-refractivity contribution in [2.45, 2.75) is 103 Å². The van der Waals surface area contributed by atoms with E-state index in [2.05, 4.69) is 18.8 Å². The smallest absolute Gasteiger partial charge is 0.123 e. The minimum atomic E-state index is -0.535. The van der Waals surface area contributed by atoms with Gasteiger partial charge in [-0.2, -0.15) is 0 Å². The monoisotopic (exact) mass is 297 g/mol. The zero-order valence-corrected chi connectivity index (χ0v) is 14.4. The van der Waals surface area contributed by atoms with Crippen molar-refractivity contribution < 1.29 is 5.11 Å². The van der Waals surface area contributed by atoms with Crippen molar-refractivity contribution in [3.05, 3.63) is 12.7 Å². The number of aliphatic hydroxyl groups excluding tert-OH is 1. The first-order valence-electron chi connectivity index (χ1n) is 9.35. The predicted molar refractivity (Wildman–Crippen MR) is 94.5 cm³/mol. The Kier molecular flexibility index (Phi) is 17.4. The predicted octanol–water partition coefficient (Wildman–Crippen LogP) is 5.56. The minimum absolute atomic E-state index is 0.535. The second-order valence-electron chi connectivity index (χ2n) is 6.23. The molecule has 1 unspecified atom stereocenters. The van der Waals surface area contributed by atoms with Crippen molar-refractivity contribution in [3.63, 3.8) is 0 Å². The van der Waals surface area contributed by atoms with Crippen LogP contribution in [0, 0.1) is 0 Å². The lowest BCUT2D eigenvalue weighted by atomic mass is 10.0. The number of hydrogen-bond donors (Lipinski definition) is 2. The Bertz CT molecular complexity index is 206. The van der Waals surface area contributed by atoms with Gasteiger partial charge in [-0.1, -0.05) is 97.0 Å². The Balaban J connectivity index is 2.98. The Morgan fingerprint density at radius 2 is 1.14 bits per heavy atom. The van der Waals surface area contributed by atoms with E-state index in [4.69, 9.17) is 0 Å². The fourth-order valence-electron chi connectivity index (χ4n) is 2.65. The molecule has 0 amide bonds. The van der Waals surface area contributed by atoms with Crippen LogP contribution in [0.4, 0.5) is 0 Å². The summed E-state index contributed by atoms with van der Waals surface area (Å²) in [5.41, 5.74) is 0. The van der Waals surface area contributed by atoms with E-state index in [1.54, 1.807) is 0 Å². The van der Waals surface area contributed by atoms with E-state index in [0.29, 0.717) is 0 Å². The summed E-state index contributed by atoms with van der Waals surface area (Å²) in [5.74, 6) is 0. The molecule has 0 saturated carbocycles. The summed E-state index contributed by atoms with van der Waals surface area (Å²) >= 11 is 0. The molecule has 21 heavy (non-hydrogen) atoms. The zero-order valence-electron chi connectivity index (χ0n) is 14.4. The van der Waals surface area contributed by atoms with Crippen molar-refractivity contribution in [3.8, 4) is 0 Å². The molecule has 0 aromatic carbocycles. The Morgan fingerprint density at radius 3 is 1.52 bits per heavy atom. The molecule has 2 N–H and O–H groups in total. The Morgan fingerprint density at radius 1 is 0.762 bits per heavy atom. The molecule has 0 aromatic rings. The molecule has 0 radical (unpaired) electrons. The molecule has 0 aromatic heterocycles. The van der Waals surface area contributed by atoms with E-state index in [-0.39, 0.29) is 0 Å². The molecule has 2 nitrogen and oxygen atoms in total. The van der Waals surface area contributed by atoms with Crippen LogP contribution in [0.5, 0.6) is 0 Å². The molecule has 0 spiro atoms. The van der Waals surface area contributed by atoms with Crippen LogP contribution < -0.4 is 5.32 Å². The maximum atomic E-state index is 9.23. The van der Waals surface area contributed by atoms with Crippen molar-refractivity contribution in [1.82, 2.24) is 5.32 Å². The minimum Gasteiger partial charge on any atom is -0.375 e. The van der Waals surface area contributed by atoms with Crippen molar-refractivity contribution in [2.24, 2.45) is 0 Å². The van der Waals surface area contributed by atoms with E-state index in [1.807, 2.05) is 0 Å². The lowest BCUT2D eigenvalue weighted by Gasteiger charge is -2.07.